The summed E-state index contributed by atoms with van der Waals surface area (Å²) in [6, 6.07) is 23.4. The average molecular weight is 340 g/mol. The van der Waals surface area contributed by atoms with E-state index in [2.05, 4.69) is 5.32 Å². The summed E-state index contributed by atoms with van der Waals surface area (Å²) in [6.07, 6.45) is 3.95. The van der Waals surface area contributed by atoms with Gasteiger partial charge in [-0.25, -0.2) is 4.79 Å². The van der Waals surface area contributed by atoms with Crippen LogP contribution in [0.4, 0.5) is 16.2 Å². The van der Waals surface area contributed by atoms with Crippen LogP contribution in [0.1, 0.15) is 21.5 Å². The minimum absolute atomic E-state index is 0.428. The van der Waals surface area contributed by atoms with E-state index in [1.54, 1.807) is 29.2 Å². The van der Waals surface area contributed by atoms with Crippen molar-refractivity contribution >= 4 is 35.5 Å². The summed E-state index contributed by atoms with van der Waals surface area (Å²) < 4.78 is 0. The number of carbonyl (C=O) groups excluding carboxylic acids is 2. The van der Waals surface area contributed by atoms with Gasteiger partial charge >= 0.3 is 6.03 Å². The van der Waals surface area contributed by atoms with Crippen molar-refractivity contribution in [3.63, 3.8) is 0 Å². The SMILES string of the molecule is O=C(NC(=O)N1c2ccccc2C=Cc2ccccc21)c1ccccc1. The number of para-hydroxylation sites is 2. The Morgan fingerprint density at radius 3 is 1.73 bits per heavy atom. The van der Waals surface area contributed by atoms with Crippen LogP contribution >= 0.6 is 0 Å². The lowest BCUT2D eigenvalue weighted by Gasteiger charge is -2.24. The highest BCUT2D eigenvalue weighted by Gasteiger charge is 2.25. The molecule has 0 fully saturated rings. The van der Waals surface area contributed by atoms with Crippen LogP contribution in [0, 0.1) is 0 Å². The van der Waals surface area contributed by atoms with Crippen LogP contribution in [-0.4, -0.2) is 11.9 Å². The molecule has 4 heteroatoms. The number of nitrogens with one attached hydrogen (secondary N) is 1. The lowest BCUT2D eigenvalue weighted by atomic mass is 10.1. The van der Waals surface area contributed by atoms with Crippen molar-refractivity contribution in [1.29, 1.82) is 0 Å². The van der Waals surface area contributed by atoms with Crippen molar-refractivity contribution in [3.05, 3.63) is 95.6 Å². The topological polar surface area (TPSA) is 49.4 Å². The first kappa shape index (κ1) is 15.8. The van der Waals surface area contributed by atoms with Gasteiger partial charge in [0.1, 0.15) is 0 Å². The zero-order chi connectivity index (χ0) is 17.9. The van der Waals surface area contributed by atoms with E-state index in [9.17, 15) is 9.59 Å². The molecular formula is C22H16N2O2. The predicted molar refractivity (Wildman–Crippen MR) is 103 cm³/mol. The predicted octanol–water partition coefficient (Wildman–Crippen LogP) is 4.86. The fourth-order valence-corrected chi connectivity index (χ4v) is 3.01. The van der Waals surface area contributed by atoms with Crippen LogP contribution in [0.5, 0.6) is 0 Å². The minimum atomic E-state index is -0.484. The van der Waals surface area contributed by atoms with E-state index in [1.807, 2.05) is 66.7 Å². The van der Waals surface area contributed by atoms with Gasteiger partial charge < -0.3 is 0 Å². The molecule has 26 heavy (non-hydrogen) atoms. The van der Waals surface area contributed by atoms with E-state index >= 15 is 0 Å². The number of anilines is 2. The van der Waals surface area contributed by atoms with Crippen LogP contribution < -0.4 is 10.2 Å². The van der Waals surface area contributed by atoms with Gasteiger partial charge in [0.2, 0.25) is 0 Å². The van der Waals surface area contributed by atoms with Crippen molar-refractivity contribution in [2.24, 2.45) is 0 Å². The first-order valence-electron chi connectivity index (χ1n) is 8.31. The molecule has 0 saturated heterocycles. The van der Waals surface area contributed by atoms with E-state index in [1.165, 1.54) is 0 Å². The monoisotopic (exact) mass is 340 g/mol. The van der Waals surface area contributed by atoms with E-state index in [4.69, 9.17) is 0 Å². The average Bonchev–Trinajstić information content (AvgIpc) is 2.85. The summed E-state index contributed by atoms with van der Waals surface area (Å²) in [5, 5.41) is 2.50. The summed E-state index contributed by atoms with van der Waals surface area (Å²) in [6.45, 7) is 0. The Bertz CT molecular complexity index is 960. The molecule has 1 aliphatic heterocycles. The summed E-state index contributed by atoms with van der Waals surface area (Å²) in [5.41, 5.74) is 3.71. The Labute approximate surface area is 151 Å². The number of hydrogen-bond acceptors (Lipinski definition) is 2. The van der Waals surface area contributed by atoms with Crippen LogP contribution in [0.3, 0.4) is 0 Å². The van der Waals surface area contributed by atoms with E-state index < -0.39 is 11.9 Å². The zero-order valence-corrected chi connectivity index (χ0v) is 13.9. The van der Waals surface area contributed by atoms with Gasteiger partial charge in [0.25, 0.3) is 5.91 Å². The molecule has 0 bridgehead atoms. The fourth-order valence-electron chi connectivity index (χ4n) is 3.01. The molecule has 0 aliphatic carbocycles. The lowest BCUT2D eigenvalue weighted by Crippen LogP contribution is -2.40. The zero-order valence-electron chi connectivity index (χ0n) is 13.9. The lowest BCUT2D eigenvalue weighted by molar-refractivity contribution is 0.0966. The minimum Gasteiger partial charge on any atom is -0.273 e. The Balaban J connectivity index is 1.74. The number of benzene rings is 3. The standard InChI is InChI=1S/C22H16N2O2/c25-21(18-10-2-1-3-11-18)23-22(26)24-19-12-6-4-8-16(19)14-15-17-9-5-7-13-20(17)24/h1-15H,(H,23,25,26). The molecule has 1 aliphatic rings. The van der Waals surface area contributed by atoms with Crippen LogP contribution in [0.25, 0.3) is 12.2 Å². The summed E-state index contributed by atoms with van der Waals surface area (Å²) >= 11 is 0. The number of rotatable bonds is 1. The molecule has 0 atom stereocenters. The van der Waals surface area contributed by atoms with Gasteiger partial charge in [0.15, 0.2) is 0 Å². The van der Waals surface area contributed by atoms with Crippen LogP contribution in [-0.2, 0) is 0 Å². The maximum atomic E-state index is 13.0. The molecular weight excluding hydrogens is 324 g/mol. The van der Waals surface area contributed by atoms with E-state index in [0.717, 1.165) is 22.5 Å². The normalized spacial score (nSPS) is 11.9. The molecule has 3 aromatic carbocycles. The van der Waals surface area contributed by atoms with Crippen molar-refractivity contribution in [1.82, 2.24) is 5.32 Å². The van der Waals surface area contributed by atoms with E-state index in [0.29, 0.717) is 5.56 Å². The number of carbonyl (C=O) groups is 2. The van der Waals surface area contributed by atoms with Crippen LogP contribution in [0.15, 0.2) is 78.9 Å². The molecule has 0 radical (unpaired) electrons. The first-order valence-corrected chi connectivity index (χ1v) is 8.31. The van der Waals surface area contributed by atoms with Crippen molar-refractivity contribution < 1.29 is 9.59 Å². The summed E-state index contributed by atoms with van der Waals surface area (Å²) in [5.74, 6) is -0.428. The molecule has 4 rings (SSSR count). The van der Waals surface area contributed by atoms with Crippen molar-refractivity contribution in [2.75, 3.05) is 4.90 Å². The molecule has 0 unspecified atom stereocenters. The quantitative estimate of drug-likeness (QED) is 0.688. The fraction of sp³-hybridized carbons (Fsp3) is 0. The van der Waals surface area contributed by atoms with Crippen molar-refractivity contribution in [2.45, 2.75) is 0 Å². The third kappa shape index (κ3) is 2.89. The highest BCUT2D eigenvalue weighted by molar-refractivity contribution is 6.13. The van der Waals surface area contributed by atoms with Gasteiger partial charge in [-0.3, -0.25) is 15.0 Å². The molecule has 0 saturated carbocycles. The van der Waals surface area contributed by atoms with Gasteiger partial charge in [-0.2, -0.15) is 0 Å². The molecule has 4 nitrogen and oxygen atoms in total. The third-order valence-electron chi connectivity index (χ3n) is 4.26. The molecule has 1 N–H and O–H groups in total. The number of nitrogens with zero attached hydrogens (tertiary/aromatic N) is 1. The highest BCUT2D eigenvalue weighted by Crippen LogP contribution is 2.36. The second-order valence-electron chi connectivity index (χ2n) is 5.91. The maximum Gasteiger partial charge on any atom is 0.333 e. The summed E-state index contributed by atoms with van der Waals surface area (Å²) in [4.78, 5) is 27.0. The van der Waals surface area contributed by atoms with Crippen LogP contribution in [0.2, 0.25) is 0 Å². The molecule has 0 aromatic heterocycles. The van der Waals surface area contributed by atoms with Gasteiger partial charge in [-0.1, -0.05) is 66.7 Å². The third-order valence-corrected chi connectivity index (χ3v) is 4.26. The second kappa shape index (κ2) is 6.69. The number of amides is 3. The molecule has 1 heterocycles. The molecule has 126 valence electrons. The Morgan fingerprint density at radius 1 is 0.654 bits per heavy atom. The molecule has 3 aromatic rings. The van der Waals surface area contributed by atoms with Gasteiger partial charge in [0.05, 0.1) is 11.4 Å². The smallest absolute Gasteiger partial charge is 0.273 e. The Morgan fingerprint density at radius 2 is 1.15 bits per heavy atom. The van der Waals surface area contributed by atoms with Gasteiger partial charge in [-0.05, 0) is 35.4 Å². The van der Waals surface area contributed by atoms with Crippen molar-refractivity contribution in [3.8, 4) is 0 Å². The van der Waals surface area contributed by atoms with Gasteiger partial charge in [0, 0.05) is 5.56 Å². The maximum absolute atomic E-state index is 13.0. The van der Waals surface area contributed by atoms with Gasteiger partial charge in [-0.15, -0.1) is 0 Å². The Kier molecular flexibility index (Phi) is 4.07. The number of urea groups is 1. The number of hydrogen-bond donors (Lipinski definition) is 1. The molecule has 0 spiro atoms. The Hall–Kier alpha value is -3.66. The summed E-state index contributed by atoms with van der Waals surface area (Å²) in [7, 11) is 0. The second-order valence-corrected chi connectivity index (χ2v) is 5.91. The van der Waals surface area contributed by atoms with E-state index in [-0.39, 0.29) is 0 Å². The number of fused-ring (bicyclic) bond motifs is 2. The highest BCUT2D eigenvalue weighted by atomic mass is 16.2. The first-order chi connectivity index (χ1) is 12.7. The number of imide groups is 1. The largest absolute Gasteiger partial charge is 0.333 e. The molecule has 3 amide bonds.